The minimum Gasteiger partial charge on any atom is -0.378 e. The van der Waals surface area contributed by atoms with E-state index < -0.39 is 0 Å². The molecule has 1 aromatic carbocycles. The lowest BCUT2D eigenvalue weighted by atomic mass is 9.85. The first-order valence-electron chi connectivity index (χ1n) is 8.63. The first-order chi connectivity index (χ1) is 11.2. The number of halogens is 1. The average Bonchev–Trinajstić information content (AvgIpc) is 2.85. The van der Waals surface area contributed by atoms with Gasteiger partial charge in [-0.05, 0) is 49.3 Å². The molecule has 124 valence electrons. The summed E-state index contributed by atoms with van der Waals surface area (Å²) in [5.74, 6) is 0.262. The standard InChI is InChI=1S/C18H23FN2O2/c19-15-3-1-13(2-4-15)14-11-16-5-6-17(12-14)21(16)18(22)20-7-9-23-10-8-20/h1-4,14,16-17H,5-12H2. The van der Waals surface area contributed by atoms with Gasteiger partial charge in [0.25, 0.3) is 0 Å². The number of carbonyl (C=O) groups excluding carboxylic acids is 1. The van der Waals surface area contributed by atoms with Gasteiger partial charge in [-0.2, -0.15) is 0 Å². The van der Waals surface area contributed by atoms with E-state index in [4.69, 9.17) is 4.74 Å². The summed E-state index contributed by atoms with van der Waals surface area (Å²) < 4.78 is 18.5. The van der Waals surface area contributed by atoms with E-state index in [1.54, 1.807) is 12.1 Å². The lowest BCUT2D eigenvalue weighted by Gasteiger charge is -2.42. The molecule has 4 rings (SSSR count). The van der Waals surface area contributed by atoms with Gasteiger partial charge in [-0.3, -0.25) is 0 Å². The van der Waals surface area contributed by atoms with Gasteiger partial charge < -0.3 is 14.5 Å². The Hall–Kier alpha value is -1.62. The predicted octanol–water partition coefficient (Wildman–Crippen LogP) is 2.99. The molecule has 0 aliphatic carbocycles. The second-order valence-electron chi connectivity index (χ2n) is 6.89. The summed E-state index contributed by atoms with van der Waals surface area (Å²) >= 11 is 0. The van der Waals surface area contributed by atoms with Crippen LogP contribution in [0.15, 0.2) is 24.3 Å². The fourth-order valence-electron chi connectivity index (χ4n) is 4.41. The first kappa shape index (κ1) is 14.9. The average molecular weight is 318 g/mol. The molecule has 5 heteroatoms. The molecule has 2 amide bonds. The van der Waals surface area contributed by atoms with Crippen LogP contribution >= 0.6 is 0 Å². The number of hydrogen-bond acceptors (Lipinski definition) is 2. The summed E-state index contributed by atoms with van der Waals surface area (Å²) in [6.45, 7) is 2.70. The second kappa shape index (κ2) is 6.11. The number of carbonyl (C=O) groups is 1. The van der Waals surface area contributed by atoms with Crippen molar-refractivity contribution in [3.63, 3.8) is 0 Å². The fourth-order valence-corrected chi connectivity index (χ4v) is 4.41. The summed E-state index contributed by atoms with van der Waals surface area (Å²) in [6, 6.07) is 7.75. The van der Waals surface area contributed by atoms with Gasteiger partial charge in [-0.1, -0.05) is 12.1 Å². The van der Waals surface area contributed by atoms with E-state index in [-0.39, 0.29) is 11.8 Å². The molecule has 3 fully saturated rings. The second-order valence-corrected chi connectivity index (χ2v) is 6.89. The maximum atomic E-state index is 13.1. The Kier molecular flexibility index (Phi) is 3.97. The molecule has 0 spiro atoms. The number of ether oxygens (including phenoxy) is 1. The molecule has 2 unspecified atom stereocenters. The summed E-state index contributed by atoms with van der Waals surface area (Å²) in [7, 11) is 0. The van der Waals surface area contributed by atoms with Crippen LogP contribution in [0.3, 0.4) is 0 Å². The monoisotopic (exact) mass is 318 g/mol. The molecule has 23 heavy (non-hydrogen) atoms. The Morgan fingerprint density at radius 3 is 2.26 bits per heavy atom. The third-order valence-electron chi connectivity index (χ3n) is 5.58. The van der Waals surface area contributed by atoms with Gasteiger partial charge in [0.15, 0.2) is 0 Å². The molecular formula is C18H23FN2O2. The Balaban J connectivity index is 1.47. The molecule has 4 nitrogen and oxygen atoms in total. The summed E-state index contributed by atoms with van der Waals surface area (Å²) in [4.78, 5) is 16.9. The number of benzene rings is 1. The van der Waals surface area contributed by atoms with Crippen molar-refractivity contribution >= 4 is 6.03 Å². The van der Waals surface area contributed by atoms with Crippen LogP contribution in [0.2, 0.25) is 0 Å². The Morgan fingerprint density at radius 2 is 1.65 bits per heavy atom. The van der Waals surface area contributed by atoms with Crippen molar-refractivity contribution in [2.75, 3.05) is 26.3 Å². The molecule has 1 aromatic rings. The highest BCUT2D eigenvalue weighted by Gasteiger charge is 2.44. The van der Waals surface area contributed by atoms with E-state index in [0.717, 1.165) is 25.7 Å². The van der Waals surface area contributed by atoms with Gasteiger partial charge in [-0.25, -0.2) is 9.18 Å². The van der Waals surface area contributed by atoms with Gasteiger partial charge in [-0.15, -0.1) is 0 Å². The van der Waals surface area contributed by atoms with Gasteiger partial charge >= 0.3 is 6.03 Å². The van der Waals surface area contributed by atoms with Gasteiger partial charge in [0.2, 0.25) is 0 Å². The van der Waals surface area contributed by atoms with E-state index >= 15 is 0 Å². The van der Waals surface area contributed by atoms with E-state index in [1.807, 2.05) is 17.0 Å². The van der Waals surface area contributed by atoms with Crippen LogP contribution in [-0.2, 0) is 4.74 Å². The van der Waals surface area contributed by atoms with Gasteiger partial charge in [0.1, 0.15) is 5.82 Å². The SMILES string of the molecule is O=C(N1CCOCC1)N1C2CCC1CC(c1ccc(F)cc1)C2. The number of piperidine rings is 1. The van der Waals surface area contributed by atoms with Crippen LogP contribution in [0, 0.1) is 5.82 Å². The third kappa shape index (κ3) is 2.82. The highest BCUT2D eigenvalue weighted by atomic mass is 19.1. The number of nitrogens with zero attached hydrogens (tertiary/aromatic N) is 2. The van der Waals surface area contributed by atoms with E-state index in [0.29, 0.717) is 44.3 Å². The maximum absolute atomic E-state index is 13.1. The molecular weight excluding hydrogens is 295 g/mol. The summed E-state index contributed by atoms with van der Waals surface area (Å²) in [5.41, 5.74) is 1.21. The normalized spacial score (nSPS) is 30.6. The van der Waals surface area contributed by atoms with Crippen LogP contribution in [0.25, 0.3) is 0 Å². The molecule has 2 bridgehead atoms. The fraction of sp³-hybridized carbons (Fsp3) is 0.611. The Bertz CT molecular complexity index is 557. The van der Waals surface area contributed by atoms with Gasteiger partial charge in [0, 0.05) is 25.2 Å². The summed E-state index contributed by atoms with van der Waals surface area (Å²) in [6.07, 6.45) is 4.19. The molecule has 3 saturated heterocycles. The van der Waals surface area contributed by atoms with Crippen LogP contribution < -0.4 is 0 Å². The van der Waals surface area contributed by atoms with Crippen LogP contribution in [0.1, 0.15) is 37.2 Å². The van der Waals surface area contributed by atoms with Crippen molar-refractivity contribution in [1.82, 2.24) is 9.80 Å². The molecule has 0 aromatic heterocycles. The molecule has 3 heterocycles. The van der Waals surface area contributed by atoms with Crippen molar-refractivity contribution in [3.05, 3.63) is 35.6 Å². The topological polar surface area (TPSA) is 32.8 Å². The number of rotatable bonds is 1. The zero-order valence-corrected chi connectivity index (χ0v) is 13.3. The van der Waals surface area contributed by atoms with Crippen molar-refractivity contribution < 1.29 is 13.9 Å². The lowest BCUT2D eigenvalue weighted by Crippen LogP contribution is -2.54. The predicted molar refractivity (Wildman–Crippen MR) is 84.8 cm³/mol. The first-order valence-corrected chi connectivity index (χ1v) is 8.63. The molecule has 0 saturated carbocycles. The van der Waals surface area contributed by atoms with Crippen molar-refractivity contribution in [2.24, 2.45) is 0 Å². The lowest BCUT2D eigenvalue weighted by molar-refractivity contribution is 0.0331. The number of urea groups is 1. The highest BCUT2D eigenvalue weighted by Crippen LogP contribution is 2.43. The van der Waals surface area contributed by atoms with Gasteiger partial charge in [0.05, 0.1) is 13.2 Å². The number of morpholine rings is 1. The van der Waals surface area contributed by atoms with E-state index in [9.17, 15) is 9.18 Å². The largest absolute Gasteiger partial charge is 0.378 e. The smallest absolute Gasteiger partial charge is 0.320 e. The molecule has 0 N–H and O–H groups in total. The Morgan fingerprint density at radius 1 is 1.04 bits per heavy atom. The highest BCUT2D eigenvalue weighted by molar-refractivity contribution is 5.76. The third-order valence-corrected chi connectivity index (χ3v) is 5.58. The van der Waals surface area contributed by atoms with Crippen molar-refractivity contribution in [1.29, 1.82) is 0 Å². The molecule has 3 aliphatic heterocycles. The number of amides is 2. The maximum Gasteiger partial charge on any atom is 0.320 e. The van der Waals surface area contributed by atoms with E-state index in [1.165, 1.54) is 5.56 Å². The van der Waals surface area contributed by atoms with Crippen LogP contribution in [-0.4, -0.2) is 54.2 Å². The summed E-state index contributed by atoms with van der Waals surface area (Å²) in [5, 5.41) is 0. The van der Waals surface area contributed by atoms with E-state index in [2.05, 4.69) is 4.90 Å². The number of hydrogen-bond donors (Lipinski definition) is 0. The Labute approximate surface area is 136 Å². The molecule has 2 atom stereocenters. The van der Waals surface area contributed by atoms with Crippen LogP contribution in [0.5, 0.6) is 0 Å². The quantitative estimate of drug-likeness (QED) is 0.797. The van der Waals surface area contributed by atoms with Crippen molar-refractivity contribution in [2.45, 2.75) is 43.7 Å². The van der Waals surface area contributed by atoms with Crippen LogP contribution in [0.4, 0.5) is 9.18 Å². The minimum absolute atomic E-state index is 0.184. The minimum atomic E-state index is -0.184. The molecule has 0 radical (unpaired) electrons. The number of fused-ring (bicyclic) bond motifs is 2. The van der Waals surface area contributed by atoms with Crippen molar-refractivity contribution in [3.8, 4) is 0 Å². The zero-order valence-electron chi connectivity index (χ0n) is 13.3. The molecule has 3 aliphatic rings. The zero-order chi connectivity index (χ0) is 15.8.